The maximum absolute atomic E-state index is 12.5. The van der Waals surface area contributed by atoms with Gasteiger partial charge >= 0.3 is 0 Å². The maximum atomic E-state index is 12.5. The lowest BCUT2D eigenvalue weighted by molar-refractivity contribution is -0.115. The summed E-state index contributed by atoms with van der Waals surface area (Å²) in [6.45, 7) is 5.23. The normalized spacial score (nSPS) is 23.2. The largest absolute Gasteiger partial charge is 0.472 e. The molecule has 0 bridgehead atoms. The van der Waals surface area contributed by atoms with E-state index in [0.29, 0.717) is 18.7 Å². The van der Waals surface area contributed by atoms with Crippen LogP contribution in [0.3, 0.4) is 0 Å². The number of benzene rings is 1. The van der Waals surface area contributed by atoms with Gasteiger partial charge in [-0.1, -0.05) is 42.4 Å². The highest BCUT2D eigenvalue weighted by molar-refractivity contribution is 6.39. The van der Waals surface area contributed by atoms with Crippen molar-refractivity contribution in [3.8, 4) is 0 Å². The van der Waals surface area contributed by atoms with Crippen LogP contribution in [0.1, 0.15) is 36.8 Å². The van der Waals surface area contributed by atoms with Crippen molar-refractivity contribution in [2.75, 3.05) is 19.6 Å². The first-order valence-corrected chi connectivity index (χ1v) is 9.45. The van der Waals surface area contributed by atoms with Crippen molar-refractivity contribution < 1.29 is 14.0 Å². The molecule has 1 aromatic heterocycles. The minimum atomic E-state index is -0.360. The highest BCUT2D eigenvalue weighted by atomic mass is 16.7. The van der Waals surface area contributed by atoms with Crippen molar-refractivity contribution in [2.45, 2.75) is 37.8 Å². The number of hydrogen-bond acceptors (Lipinski definition) is 5. The third-order valence-corrected chi connectivity index (χ3v) is 5.42. The minimum absolute atomic E-state index is 0.122. The lowest BCUT2D eigenvalue weighted by Gasteiger charge is -2.21. The third kappa shape index (κ3) is 4.06. The Bertz CT molecular complexity index is 803. The molecule has 4 rings (SSSR count). The molecular formula is C21H25N3O3. The molecule has 1 saturated heterocycles. The maximum Gasteiger partial charge on any atom is 0.269 e. The van der Waals surface area contributed by atoms with Gasteiger partial charge in [0, 0.05) is 44.6 Å². The molecule has 2 aliphatic rings. The molecule has 2 atom stereocenters. The van der Waals surface area contributed by atoms with Crippen molar-refractivity contribution in [3.05, 3.63) is 60.1 Å². The smallest absolute Gasteiger partial charge is 0.269 e. The molecule has 6 heteroatoms. The Morgan fingerprint density at radius 2 is 2.19 bits per heavy atom. The van der Waals surface area contributed by atoms with Crippen LogP contribution >= 0.6 is 0 Å². The van der Waals surface area contributed by atoms with E-state index in [2.05, 4.69) is 34.4 Å². The van der Waals surface area contributed by atoms with Crippen LogP contribution in [0, 0.1) is 0 Å². The van der Waals surface area contributed by atoms with Crippen LogP contribution in [0.15, 0.2) is 58.5 Å². The Morgan fingerprint density at radius 3 is 2.96 bits per heavy atom. The highest BCUT2D eigenvalue weighted by Gasteiger charge is 2.46. The van der Waals surface area contributed by atoms with Crippen LogP contribution in [0.2, 0.25) is 0 Å². The summed E-state index contributed by atoms with van der Waals surface area (Å²) in [5.74, 6) is 0.131. The molecule has 3 heterocycles. The van der Waals surface area contributed by atoms with E-state index in [9.17, 15) is 4.79 Å². The van der Waals surface area contributed by atoms with Gasteiger partial charge in [0.2, 0.25) is 0 Å². The number of hydrogen-bond donors (Lipinski definition) is 1. The SMILES string of the molecule is CC(CNC(=O)C1=NOC2(CCN(Cc3ccoc3)C2)C1)c1ccccc1. The number of carbonyl (C=O) groups excluding carboxylic acids is 1. The standard InChI is InChI=1S/C21H25N3O3/c1-16(18-5-3-2-4-6-18)12-22-20(25)19-11-21(27-23-19)8-9-24(15-21)13-17-7-10-26-14-17/h2-7,10,14,16H,8-9,11-13,15H2,1H3,(H,22,25). The molecule has 1 amide bonds. The summed E-state index contributed by atoms with van der Waals surface area (Å²) in [6, 6.07) is 12.2. The molecule has 0 saturated carbocycles. The Morgan fingerprint density at radius 1 is 1.33 bits per heavy atom. The first-order chi connectivity index (χ1) is 13.1. The highest BCUT2D eigenvalue weighted by Crippen LogP contribution is 2.34. The van der Waals surface area contributed by atoms with Gasteiger partial charge in [-0.05, 0) is 17.5 Å². The minimum Gasteiger partial charge on any atom is -0.472 e. The van der Waals surface area contributed by atoms with Gasteiger partial charge in [0.15, 0.2) is 5.60 Å². The quantitative estimate of drug-likeness (QED) is 0.852. The van der Waals surface area contributed by atoms with Crippen LogP contribution < -0.4 is 5.32 Å². The first kappa shape index (κ1) is 17.8. The van der Waals surface area contributed by atoms with Crippen molar-refractivity contribution in [2.24, 2.45) is 5.16 Å². The van der Waals surface area contributed by atoms with Crippen molar-refractivity contribution >= 4 is 11.6 Å². The van der Waals surface area contributed by atoms with Gasteiger partial charge in [-0.25, -0.2) is 0 Å². The molecule has 0 radical (unpaired) electrons. The molecule has 0 aliphatic carbocycles. The predicted octanol–water partition coefficient (Wildman–Crippen LogP) is 2.92. The Kier molecular flexibility index (Phi) is 4.99. The number of amides is 1. The van der Waals surface area contributed by atoms with E-state index in [4.69, 9.17) is 9.25 Å². The van der Waals surface area contributed by atoms with E-state index in [1.807, 2.05) is 24.3 Å². The first-order valence-electron chi connectivity index (χ1n) is 9.45. The molecule has 1 spiro atoms. The molecule has 6 nitrogen and oxygen atoms in total. The predicted molar refractivity (Wildman–Crippen MR) is 102 cm³/mol. The average molecular weight is 367 g/mol. The molecule has 2 aromatic rings. The molecule has 2 aliphatic heterocycles. The van der Waals surface area contributed by atoms with Crippen LogP contribution in [0.5, 0.6) is 0 Å². The van der Waals surface area contributed by atoms with Gasteiger partial charge < -0.3 is 14.6 Å². The van der Waals surface area contributed by atoms with E-state index in [0.717, 1.165) is 31.6 Å². The molecule has 2 unspecified atom stereocenters. The molecule has 142 valence electrons. The number of likely N-dealkylation sites (tertiary alicyclic amines) is 1. The van der Waals surface area contributed by atoms with Crippen LogP contribution in [0.4, 0.5) is 0 Å². The summed E-state index contributed by atoms with van der Waals surface area (Å²) >= 11 is 0. The summed E-state index contributed by atoms with van der Waals surface area (Å²) in [5.41, 5.74) is 2.50. The lowest BCUT2D eigenvalue weighted by atomic mass is 9.96. The number of rotatable bonds is 6. The third-order valence-electron chi connectivity index (χ3n) is 5.42. The zero-order chi connectivity index (χ0) is 18.7. The molecule has 1 aromatic carbocycles. The zero-order valence-electron chi connectivity index (χ0n) is 15.6. The van der Waals surface area contributed by atoms with E-state index >= 15 is 0 Å². The van der Waals surface area contributed by atoms with Crippen molar-refractivity contribution in [1.82, 2.24) is 10.2 Å². The number of furan rings is 1. The second kappa shape index (κ2) is 7.56. The second-order valence-corrected chi connectivity index (χ2v) is 7.60. The molecule has 27 heavy (non-hydrogen) atoms. The zero-order valence-corrected chi connectivity index (χ0v) is 15.6. The Hall–Kier alpha value is -2.60. The van der Waals surface area contributed by atoms with Crippen molar-refractivity contribution in [1.29, 1.82) is 0 Å². The van der Waals surface area contributed by atoms with E-state index in [-0.39, 0.29) is 17.4 Å². The second-order valence-electron chi connectivity index (χ2n) is 7.60. The van der Waals surface area contributed by atoms with E-state index in [1.165, 1.54) is 5.56 Å². The average Bonchev–Trinajstić information content (AvgIpc) is 3.43. The summed E-state index contributed by atoms with van der Waals surface area (Å²) in [7, 11) is 0. The summed E-state index contributed by atoms with van der Waals surface area (Å²) in [4.78, 5) is 20.6. The van der Waals surface area contributed by atoms with Gasteiger partial charge in [0.1, 0.15) is 5.71 Å². The molecule has 1 fully saturated rings. The fourth-order valence-corrected chi connectivity index (χ4v) is 3.81. The number of nitrogens with zero attached hydrogens (tertiary/aromatic N) is 2. The summed E-state index contributed by atoms with van der Waals surface area (Å²) < 4.78 is 5.13. The summed E-state index contributed by atoms with van der Waals surface area (Å²) in [6.07, 6.45) is 4.91. The van der Waals surface area contributed by atoms with Gasteiger partial charge in [0.05, 0.1) is 12.5 Å². The van der Waals surface area contributed by atoms with Gasteiger partial charge in [-0.2, -0.15) is 0 Å². The Balaban J connectivity index is 1.27. The van der Waals surface area contributed by atoms with Crippen LogP contribution in [-0.2, 0) is 16.2 Å². The van der Waals surface area contributed by atoms with Gasteiger partial charge in [-0.15, -0.1) is 0 Å². The van der Waals surface area contributed by atoms with E-state index < -0.39 is 0 Å². The van der Waals surface area contributed by atoms with E-state index in [1.54, 1.807) is 12.5 Å². The lowest BCUT2D eigenvalue weighted by Crippen LogP contribution is -2.37. The number of nitrogens with one attached hydrogen (secondary N) is 1. The van der Waals surface area contributed by atoms with Gasteiger partial charge in [-0.3, -0.25) is 9.69 Å². The molecule has 1 N–H and O–H groups in total. The van der Waals surface area contributed by atoms with Gasteiger partial charge in [0.25, 0.3) is 5.91 Å². The molecular weight excluding hydrogens is 342 g/mol. The van der Waals surface area contributed by atoms with Crippen LogP contribution in [0.25, 0.3) is 0 Å². The summed E-state index contributed by atoms with van der Waals surface area (Å²) in [5, 5.41) is 7.11. The fraction of sp³-hybridized carbons (Fsp3) is 0.429. The Labute approximate surface area is 159 Å². The van der Waals surface area contributed by atoms with Crippen molar-refractivity contribution in [3.63, 3.8) is 0 Å². The fourth-order valence-electron chi connectivity index (χ4n) is 3.81. The monoisotopic (exact) mass is 367 g/mol. The number of carbonyl (C=O) groups is 1. The topological polar surface area (TPSA) is 67.1 Å². The number of oxime groups is 1. The van der Waals surface area contributed by atoms with Crippen LogP contribution in [-0.4, -0.2) is 41.8 Å².